The minimum atomic E-state index is 0.778. The van der Waals surface area contributed by atoms with Gasteiger partial charge in [-0.3, -0.25) is 0 Å². The molecule has 1 aliphatic heterocycles. The van der Waals surface area contributed by atoms with Crippen molar-refractivity contribution >= 4 is 0 Å². The van der Waals surface area contributed by atoms with Gasteiger partial charge in [0.15, 0.2) is 0 Å². The van der Waals surface area contributed by atoms with Gasteiger partial charge >= 0.3 is 0 Å². The van der Waals surface area contributed by atoms with E-state index >= 15 is 0 Å². The van der Waals surface area contributed by atoms with Gasteiger partial charge in [-0.1, -0.05) is 18.2 Å². The number of allylic oxidation sites excluding steroid dienone is 4. The second kappa shape index (κ2) is 4.39. The quantitative estimate of drug-likeness (QED) is 0.589. The van der Waals surface area contributed by atoms with Crippen molar-refractivity contribution in [2.75, 3.05) is 6.54 Å². The van der Waals surface area contributed by atoms with E-state index in [1.54, 1.807) is 0 Å². The standard InChI is InChI=1S/C9H12N2/c1-2-7-10-9-6-4-3-5-8-11-9/h2-6,8,10-11H,1,7H2. The van der Waals surface area contributed by atoms with Gasteiger partial charge in [0.25, 0.3) is 0 Å². The minimum absolute atomic E-state index is 0.778. The van der Waals surface area contributed by atoms with Crippen molar-refractivity contribution in [3.8, 4) is 0 Å². The van der Waals surface area contributed by atoms with Crippen molar-refractivity contribution in [2.45, 2.75) is 0 Å². The van der Waals surface area contributed by atoms with Gasteiger partial charge < -0.3 is 10.6 Å². The van der Waals surface area contributed by atoms with Crippen LogP contribution in [-0.2, 0) is 0 Å². The Labute approximate surface area is 67.0 Å². The monoisotopic (exact) mass is 148 g/mol. The minimum Gasteiger partial charge on any atom is -0.368 e. The zero-order chi connectivity index (χ0) is 7.94. The molecular formula is C9H12N2. The Kier molecular flexibility index (Phi) is 3.06. The molecule has 0 bridgehead atoms. The Morgan fingerprint density at radius 1 is 1.45 bits per heavy atom. The van der Waals surface area contributed by atoms with Crippen LogP contribution in [0.5, 0.6) is 0 Å². The first-order chi connectivity index (χ1) is 5.43. The molecule has 0 atom stereocenters. The molecule has 0 aromatic heterocycles. The molecule has 58 valence electrons. The van der Waals surface area contributed by atoms with E-state index < -0.39 is 0 Å². The Morgan fingerprint density at radius 2 is 2.36 bits per heavy atom. The summed E-state index contributed by atoms with van der Waals surface area (Å²) in [5, 5.41) is 6.22. The van der Waals surface area contributed by atoms with Gasteiger partial charge in [-0.25, -0.2) is 0 Å². The lowest BCUT2D eigenvalue weighted by Crippen LogP contribution is -2.22. The maximum atomic E-state index is 3.61. The van der Waals surface area contributed by atoms with Crippen LogP contribution in [0.3, 0.4) is 0 Å². The van der Waals surface area contributed by atoms with Gasteiger partial charge in [0, 0.05) is 12.7 Å². The topological polar surface area (TPSA) is 24.1 Å². The third kappa shape index (κ3) is 2.76. The highest BCUT2D eigenvalue weighted by Gasteiger charge is 1.89. The first kappa shape index (κ1) is 7.66. The zero-order valence-corrected chi connectivity index (χ0v) is 6.38. The van der Waals surface area contributed by atoms with Gasteiger partial charge in [0.1, 0.15) is 5.82 Å². The number of nitrogens with one attached hydrogen (secondary N) is 2. The summed E-state index contributed by atoms with van der Waals surface area (Å²) in [7, 11) is 0. The van der Waals surface area contributed by atoms with Gasteiger partial charge in [-0.05, 0) is 12.2 Å². The van der Waals surface area contributed by atoms with Crippen molar-refractivity contribution in [1.82, 2.24) is 10.6 Å². The van der Waals surface area contributed by atoms with Gasteiger partial charge in [-0.2, -0.15) is 0 Å². The number of rotatable bonds is 3. The molecule has 0 spiro atoms. The van der Waals surface area contributed by atoms with Crippen LogP contribution < -0.4 is 10.6 Å². The van der Waals surface area contributed by atoms with Crippen molar-refractivity contribution < 1.29 is 0 Å². The summed E-state index contributed by atoms with van der Waals surface area (Å²) >= 11 is 0. The van der Waals surface area contributed by atoms with Crippen LogP contribution in [0.25, 0.3) is 0 Å². The van der Waals surface area contributed by atoms with Crippen LogP contribution >= 0.6 is 0 Å². The fourth-order valence-electron chi connectivity index (χ4n) is 0.750. The van der Waals surface area contributed by atoms with E-state index in [-0.39, 0.29) is 0 Å². The summed E-state index contributed by atoms with van der Waals surface area (Å²) in [5.41, 5.74) is 0. The first-order valence-corrected chi connectivity index (χ1v) is 3.58. The molecule has 0 aromatic rings. The molecule has 2 heteroatoms. The SMILES string of the molecule is C=CCNC1=CC=CC=CN1. The Bertz CT molecular complexity index is 212. The van der Waals surface area contributed by atoms with E-state index in [1.807, 2.05) is 36.6 Å². The third-order valence-electron chi connectivity index (χ3n) is 1.26. The number of hydrogen-bond donors (Lipinski definition) is 2. The average molecular weight is 148 g/mol. The van der Waals surface area contributed by atoms with E-state index in [0.717, 1.165) is 12.4 Å². The first-order valence-electron chi connectivity index (χ1n) is 3.58. The van der Waals surface area contributed by atoms with Crippen LogP contribution in [0.4, 0.5) is 0 Å². The van der Waals surface area contributed by atoms with Gasteiger partial charge in [0.2, 0.25) is 0 Å². The molecular weight excluding hydrogens is 136 g/mol. The largest absolute Gasteiger partial charge is 0.368 e. The molecule has 0 radical (unpaired) electrons. The molecule has 0 fully saturated rings. The zero-order valence-electron chi connectivity index (χ0n) is 6.38. The number of hydrogen-bond acceptors (Lipinski definition) is 2. The van der Waals surface area contributed by atoms with Crippen molar-refractivity contribution in [3.05, 3.63) is 49.0 Å². The van der Waals surface area contributed by atoms with E-state index in [4.69, 9.17) is 0 Å². The molecule has 0 amide bonds. The maximum Gasteiger partial charge on any atom is 0.103 e. The molecule has 0 saturated heterocycles. The van der Waals surface area contributed by atoms with Crippen LogP contribution in [0.15, 0.2) is 49.0 Å². The van der Waals surface area contributed by atoms with Crippen molar-refractivity contribution in [3.63, 3.8) is 0 Å². The molecule has 0 saturated carbocycles. The Morgan fingerprint density at radius 3 is 3.18 bits per heavy atom. The third-order valence-corrected chi connectivity index (χ3v) is 1.26. The van der Waals surface area contributed by atoms with Gasteiger partial charge in [0.05, 0.1) is 0 Å². The van der Waals surface area contributed by atoms with E-state index in [1.165, 1.54) is 0 Å². The van der Waals surface area contributed by atoms with E-state index in [0.29, 0.717) is 0 Å². The van der Waals surface area contributed by atoms with Crippen LogP contribution in [0, 0.1) is 0 Å². The predicted octanol–water partition coefficient (Wildman–Crippen LogP) is 1.28. The lowest BCUT2D eigenvalue weighted by molar-refractivity contribution is 0.821. The molecule has 0 aliphatic carbocycles. The summed E-state index contributed by atoms with van der Waals surface area (Å²) in [6, 6.07) is 0. The molecule has 1 rings (SSSR count). The molecule has 1 heterocycles. The van der Waals surface area contributed by atoms with Crippen molar-refractivity contribution in [2.24, 2.45) is 0 Å². The summed E-state index contributed by atoms with van der Waals surface area (Å²) < 4.78 is 0. The van der Waals surface area contributed by atoms with Crippen LogP contribution in [0.1, 0.15) is 0 Å². The molecule has 1 aliphatic rings. The smallest absolute Gasteiger partial charge is 0.103 e. The highest BCUT2D eigenvalue weighted by atomic mass is 15.1. The average Bonchev–Trinajstić information content (AvgIpc) is 2.28. The Hall–Kier alpha value is -1.44. The maximum absolute atomic E-state index is 3.61. The van der Waals surface area contributed by atoms with Gasteiger partial charge in [-0.15, -0.1) is 6.58 Å². The normalized spacial score (nSPS) is 14.7. The van der Waals surface area contributed by atoms with E-state index in [9.17, 15) is 0 Å². The fourth-order valence-corrected chi connectivity index (χ4v) is 0.750. The summed E-state index contributed by atoms with van der Waals surface area (Å²) in [6.45, 7) is 4.39. The highest BCUT2D eigenvalue weighted by Crippen LogP contribution is 1.90. The lowest BCUT2D eigenvalue weighted by atomic mass is 10.4. The molecule has 11 heavy (non-hydrogen) atoms. The predicted molar refractivity (Wildman–Crippen MR) is 47.7 cm³/mol. The second-order valence-corrected chi connectivity index (χ2v) is 2.14. The fraction of sp³-hybridized carbons (Fsp3) is 0.111. The lowest BCUT2D eigenvalue weighted by Gasteiger charge is -2.06. The summed E-state index contributed by atoms with van der Waals surface area (Å²) in [6.07, 6.45) is 11.6. The Balaban J connectivity index is 2.44. The summed E-state index contributed by atoms with van der Waals surface area (Å²) in [4.78, 5) is 0. The molecule has 2 nitrogen and oxygen atoms in total. The van der Waals surface area contributed by atoms with Crippen LogP contribution in [-0.4, -0.2) is 6.54 Å². The van der Waals surface area contributed by atoms with Crippen LogP contribution in [0.2, 0.25) is 0 Å². The molecule has 2 N–H and O–H groups in total. The van der Waals surface area contributed by atoms with Crippen molar-refractivity contribution in [1.29, 1.82) is 0 Å². The summed E-state index contributed by atoms with van der Waals surface area (Å²) in [5.74, 6) is 0.995. The molecule has 0 unspecified atom stereocenters. The second-order valence-electron chi connectivity index (χ2n) is 2.14. The molecule has 0 aromatic carbocycles. The highest BCUT2D eigenvalue weighted by molar-refractivity contribution is 5.20. The van der Waals surface area contributed by atoms with E-state index in [2.05, 4.69) is 17.2 Å².